The third-order valence-corrected chi connectivity index (χ3v) is 3.96. The molecule has 1 aromatic rings. The van der Waals surface area contributed by atoms with Gasteiger partial charge in [-0.3, -0.25) is 0 Å². The predicted molar refractivity (Wildman–Crippen MR) is 68.7 cm³/mol. The van der Waals surface area contributed by atoms with Crippen molar-refractivity contribution in [2.45, 2.75) is 31.2 Å². The van der Waals surface area contributed by atoms with Crippen molar-refractivity contribution in [1.82, 2.24) is 9.29 Å². The maximum absolute atomic E-state index is 11.9. The van der Waals surface area contributed by atoms with Crippen LogP contribution in [0, 0.1) is 0 Å². The molecular weight excluding hydrogens is 272 g/mol. The van der Waals surface area contributed by atoms with E-state index >= 15 is 0 Å². The van der Waals surface area contributed by atoms with Crippen molar-refractivity contribution < 1.29 is 23.4 Å². The van der Waals surface area contributed by atoms with Gasteiger partial charge in [0.25, 0.3) is 0 Å². The molecule has 0 fully saturated rings. The van der Waals surface area contributed by atoms with Gasteiger partial charge in [0.2, 0.25) is 10.0 Å². The summed E-state index contributed by atoms with van der Waals surface area (Å²) in [6, 6.07) is 0.969. The molecule has 19 heavy (non-hydrogen) atoms. The quantitative estimate of drug-likeness (QED) is 0.631. The Labute approximate surface area is 111 Å². The summed E-state index contributed by atoms with van der Waals surface area (Å²) < 4.78 is 27.5. The van der Waals surface area contributed by atoms with Crippen molar-refractivity contribution in [1.29, 1.82) is 0 Å². The molecular formula is C11H18N2O5S. The van der Waals surface area contributed by atoms with Crippen molar-refractivity contribution in [3.8, 4) is 0 Å². The van der Waals surface area contributed by atoms with E-state index in [1.807, 2.05) is 0 Å². The van der Waals surface area contributed by atoms with Crippen LogP contribution in [0.5, 0.6) is 0 Å². The summed E-state index contributed by atoms with van der Waals surface area (Å²) in [6.07, 6.45) is 1.60. The number of hydrogen-bond donors (Lipinski definition) is 3. The van der Waals surface area contributed by atoms with E-state index in [0.717, 1.165) is 6.07 Å². The summed E-state index contributed by atoms with van der Waals surface area (Å²) in [5.41, 5.74) is -0.0717. The highest BCUT2D eigenvalue weighted by Gasteiger charge is 2.21. The van der Waals surface area contributed by atoms with Crippen molar-refractivity contribution >= 4 is 16.0 Å². The Kier molecular flexibility index (Phi) is 5.10. The van der Waals surface area contributed by atoms with Gasteiger partial charge in [0.05, 0.1) is 0 Å². The number of rotatable bonds is 7. The van der Waals surface area contributed by atoms with Gasteiger partial charge in [-0.15, -0.1) is 0 Å². The largest absolute Gasteiger partial charge is 0.477 e. The Hall–Kier alpha value is -1.38. The number of hydrogen-bond acceptors (Lipinski definition) is 4. The van der Waals surface area contributed by atoms with Crippen molar-refractivity contribution in [2.24, 2.45) is 0 Å². The standard InChI is InChI=1S/C11H18N2O5S/c1-8(2)13-7-9(6-10(13)11(15)16)19(17,18)12-4-3-5-14/h6-8,12,14H,3-5H2,1-2H3,(H,15,16). The summed E-state index contributed by atoms with van der Waals surface area (Å²) in [5, 5.41) is 17.6. The number of nitrogens with zero attached hydrogens (tertiary/aromatic N) is 1. The first-order valence-electron chi connectivity index (χ1n) is 5.85. The van der Waals surface area contributed by atoms with Crippen LogP contribution in [-0.4, -0.2) is 42.3 Å². The maximum Gasteiger partial charge on any atom is 0.352 e. The van der Waals surface area contributed by atoms with Crippen LogP contribution in [0.25, 0.3) is 0 Å². The Morgan fingerprint density at radius 1 is 1.47 bits per heavy atom. The molecule has 7 nitrogen and oxygen atoms in total. The zero-order valence-electron chi connectivity index (χ0n) is 10.8. The molecule has 1 aromatic heterocycles. The third kappa shape index (κ3) is 3.79. The topological polar surface area (TPSA) is 109 Å². The molecule has 0 aliphatic carbocycles. The summed E-state index contributed by atoms with van der Waals surface area (Å²) >= 11 is 0. The Bertz CT molecular complexity index is 547. The van der Waals surface area contributed by atoms with Gasteiger partial charge in [-0.25, -0.2) is 17.9 Å². The minimum Gasteiger partial charge on any atom is -0.477 e. The molecule has 0 radical (unpaired) electrons. The van der Waals surface area contributed by atoms with Gasteiger partial charge in [0.1, 0.15) is 10.6 Å². The Morgan fingerprint density at radius 2 is 2.11 bits per heavy atom. The summed E-state index contributed by atoms with van der Waals surface area (Å²) in [4.78, 5) is 11.0. The second-order valence-electron chi connectivity index (χ2n) is 4.34. The SMILES string of the molecule is CC(C)n1cc(S(=O)(=O)NCCCO)cc1C(=O)O. The molecule has 0 bridgehead atoms. The smallest absolute Gasteiger partial charge is 0.352 e. The first-order valence-corrected chi connectivity index (χ1v) is 7.33. The third-order valence-electron chi connectivity index (χ3n) is 2.54. The number of aromatic nitrogens is 1. The fourth-order valence-electron chi connectivity index (χ4n) is 1.57. The Morgan fingerprint density at radius 3 is 2.53 bits per heavy atom. The lowest BCUT2D eigenvalue weighted by molar-refractivity contribution is 0.0683. The van der Waals surface area contributed by atoms with Crippen LogP contribution in [0.15, 0.2) is 17.2 Å². The van der Waals surface area contributed by atoms with Crippen molar-refractivity contribution in [3.05, 3.63) is 18.0 Å². The van der Waals surface area contributed by atoms with Crippen LogP contribution in [0.4, 0.5) is 0 Å². The minimum absolute atomic E-state index is 0.0717. The van der Waals surface area contributed by atoms with Crippen LogP contribution in [0.1, 0.15) is 36.8 Å². The number of aromatic carboxylic acids is 1. The monoisotopic (exact) mass is 290 g/mol. The average molecular weight is 290 g/mol. The molecule has 3 N–H and O–H groups in total. The lowest BCUT2D eigenvalue weighted by Crippen LogP contribution is -2.25. The maximum atomic E-state index is 11.9. The van der Waals surface area contributed by atoms with Crippen LogP contribution < -0.4 is 4.72 Å². The average Bonchev–Trinajstić information content (AvgIpc) is 2.74. The van der Waals surface area contributed by atoms with Gasteiger partial charge < -0.3 is 14.8 Å². The second kappa shape index (κ2) is 6.18. The molecule has 1 heterocycles. The van der Waals surface area contributed by atoms with E-state index in [1.54, 1.807) is 13.8 Å². The number of aliphatic hydroxyl groups is 1. The van der Waals surface area contributed by atoms with Gasteiger partial charge in [0.15, 0.2) is 0 Å². The van der Waals surface area contributed by atoms with Crippen LogP contribution >= 0.6 is 0 Å². The van der Waals surface area contributed by atoms with E-state index in [2.05, 4.69) is 4.72 Å². The molecule has 0 atom stereocenters. The van der Waals surface area contributed by atoms with Crippen LogP contribution in [-0.2, 0) is 10.0 Å². The van der Waals surface area contributed by atoms with E-state index in [1.165, 1.54) is 10.8 Å². The zero-order chi connectivity index (χ0) is 14.6. The molecule has 0 unspecified atom stereocenters. The molecule has 0 aromatic carbocycles. The molecule has 1 rings (SSSR count). The number of nitrogens with one attached hydrogen (secondary N) is 1. The van der Waals surface area contributed by atoms with Gasteiger partial charge in [-0.2, -0.15) is 0 Å². The number of sulfonamides is 1. The molecule has 108 valence electrons. The van der Waals surface area contributed by atoms with E-state index < -0.39 is 16.0 Å². The summed E-state index contributed by atoms with van der Waals surface area (Å²) in [6.45, 7) is 3.52. The predicted octanol–water partition coefficient (Wildman–Crippen LogP) is 0.428. The molecule has 0 spiro atoms. The second-order valence-corrected chi connectivity index (χ2v) is 6.11. The van der Waals surface area contributed by atoms with E-state index in [9.17, 15) is 13.2 Å². The summed E-state index contributed by atoms with van der Waals surface area (Å²) in [7, 11) is -3.75. The van der Waals surface area contributed by atoms with E-state index in [-0.39, 0.29) is 29.8 Å². The van der Waals surface area contributed by atoms with Crippen LogP contribution in [0.2, 0.25) is 0 Å². The lowest BCUT2D eigenvalue weighted by atomic mass is 10.3. The van der Waals surface area contributed by atoms with Gasteiger partial charge in [-0.1, -0.05) is 0 Å². The lowest BCUT2D eigenvalue weighted by Gasteiger charge is -2.09. The van der Waals surface area contributed by atoms with Gasteiger partial charge in [-0.05, 0) is 26.3 Å². The van der Waals surface area contributed by atoms with E-state index in [4.69, 9.17) is 10.2 Å². The number of carbonyl (C=O) groups is 1. The van der Waals surface area contributed by atoms with Crippen molar-refractivity contribution in [3.63, 3.8) is 0 Å². The fourth-order valence-corrected chi connectivity index (χ4v) is 2.67. The first-order chi connectivity index (χ1) is 8.79. The Balaban J connectivity index is 3.08. The molecule has 0 aliphatic heterocycles. The molecule has 0 saturated heterocycles. The zero-order valence-corrected chi connectivity index (χ0v) is 11.6. The first kappa shape index (κ1) is 15.7. The fraction of sp³-hybridized carbons (Fsp3) is 0.545. The normalized spacial score (nSPS) is 12.0. The number of carboxylic acids is 1. The summed E-state index contributed by atoms with van der Waals surface area (Å²) in [5.74, 6) is -1.18. The number of aliphatic hydroxyl groups excluding tert-OH is 1. The highest BCUT2D eigenvalue weighted by Crippen LogP contribution is 2.18. The van der Waals surface area contributed by atoms with Crippen LogP contribution in [0.3, 0.4) is 0 Å². The molecule has 0 amide bonds. The molecule has 0 saturated carbocycles. The highest BCUT2D eigenvalue weighted by atomic mass is 32.2. The van der Waals surface area contributed by atoms with Gasteiger partial charge >= 0.3 is 5.97 Å². The molecule has 8 heteroatoms. The highest BCUT2D eigenvalue weighted by molar-refractivity contribution is 7.89. The van der Waals surface area contributed by atoms with Crippen molar-refractivity contribution in [2.75, 3.05) is 13.2 Å². The minimum atomic E-state index is -3.75. The number of carboxylic acid groups (broad SMARTS) is 1. The molecule has 0 aliphatic rings. The van der Waals surface area contributed by atoms with E-state index in [0.29, 0.717) is 6.42 Å². The van der Waals surface area contributed by atoms with Gasteiger partial charge in [0, 0.05) is 25.4 Å².